The highest BCUT2D eigenvalue weighted by Gasteiger charge is 2.25. The second-order valence-corrected chi connectivity index (χ2v) is 6.91. The van der Waals surface area contributed by atoms with Gasteiger partial charge in [0.25, 0.3) is 5.91 Å². The Bertz CT molecular complexity index is 703. The zero-order valence-corrected chi connectivity index (χ0v) is 15.0. The maximum atomic E-state index is 12.5. The number of nitrogens with two attached hydrogens (primary N) is 1. The molecule has 126 valence electrons. The highest BCUT2D eigenvalue weighted by Crippen LogP contribution is 2.25. The Balaban J connectivity index is 1.59. The highest BCUT2D eigenvalue weighted by molar-refractivity contribution is 9.10. The number of hydrogen-bond acceptors (Lipinski definition) is 3. The monoisotopic (exact) mass is 388 g/mol. The Kier molecular flexibility index (Phi) is 5.53. The molecular weight excluding hydrogens is 368 g/mol. The van der Waals surface area contributed by atoms with Crippen LogP contribution < -0.4 is 10.5 Å². The lowest BCUT2D eigenvalue weighted by molar-refractivity contribution is 0.0787. The SMILES string of the molecule is NCC1CCN(C(=O)c2ccc(COc3ccccc3Br)cc2)C1. The zero-order valence-electron chi connectivity index (χ0n) is 13.5. The van der Waals surface area contributed by atoms with Gasteiger partial charge in [0.05, 0.1) is 4.47 Å². The van der Waals surface area contributed by atoms with Crippen LogP contribution in [0.25, 0.3) is 0 Å². The molecule has 2 aromatic carbocycles. The molecule has 1 saturated heterocycles. The zero-order chi connectivity index (χ0) is 16.9. The lowest BCUT2D eigenvalue weighted by Gasteiger charge is -2.16. The standard InChI is InChI=1S/C19H21BrN2O2/c20-17-3-1-2-4-18(17)24-13-14-5-7-16(8-6-14)19(23)22-10-9-15(11-21)12-22/h1-8,15H,9-13,21H2. The molecule has 0 saturated carbocycles. The maximum absolute atomic E-state index is 12.5. The van der Waals surface area contributed by atoms with Crippen molar-refractivity contribution < 1.29 is 9.53 Å². The summed E-state index contributed by atoms with van der Waals surface area (Å²) in [5, 5.41) is 0. The van der Waals surface area contributed by atoms with Gasteiger partial charge in [-0.1, -0.05) is 24.3 Å². The molecule has 1 unspecified atom stereocenters. The summed E-state index contributed by atoms with van der Waals surface area (Å²) in [4.78, 5) is 14.4. The molecule has 3 rings (SSSR count). The Morgan fingerprint density at radius 2 is 1.96 bits per heavy atom. The van der Waals surface area contributed by atoms with E-state index in [1.54, 1.807) is 0 Å². The van der Waals surface area contributed by atoms with Gasteiger partial charge in [0.1, 0.15) is 12.4 Å². The second kappa shape index (κ2) is 7.81. The third-order valence-electron chi connectivity index (χ3n) is 4.34. The summed E-state index contributed by atoms with van der Waals surface area (Å²) in [6.07, 6.45) is 1.00. The first-order valence-electron chi connectivity index (χ1n) is 8.13. The minimum absolute atomic E-state index is 0.0872. The molecule has 2 N–H and O–H groups in total. The van der Waals surface area contributed by atoms with Crippen LogP contribution in [-0.2, 0) is 6.61 Å². The molecule has 1 atom stereocenters. The number of hydrogen-bond donors (Lipinski definition) is 1. The van der Waals surface area contributed by atoms with Crippen LogP contribution >= 0.6 is 15.9 Å². The van der Waals surface area contributed by atoms with E-state index in [0.29, 0.717) is 19.1 Å². The number of rotatable bonds is 5. The molecule has 5 heteroatoms. The van der Waals surface area contributed by atoms with E-state index >= 15 is 0 Å². The van der Waals surface area contributed by atoms with Crippen LogP contribution in [0, 0.1) is 5.92 Å². The topological polar surface area (TPSA) is 55.6 Å². The van der Waals surface area contributed by atoms with Crippen LogP contribution in [-0.4, -0.2) is 30.4 Å². The van der Waals surface area contributed by atoms with Gasteiger partial charge in [-0.15, -0.1) is 0 Å². The number of benzene rings is 2. The first kappa shape index (κ1) is 17.0. The van der Waals surface area contributed by atoms with Crippen molar-refractivity contribution in [2.75, 3.05) is 19.6 Å². The van der Waals surface area contributed by atoms with Gasteiger partial charge in [-0.25, -0.2) is 0 Å². The number of amides is 1. The van der Waals surface area contributed by atoms with E-state index < -0.39 is 0 Å². The van der Waals surface area contributed by atoms with Gasteiger partial charge >= 0.3 is 0 Å². The molecule has 1 fully saturated rings. The minimum Gasteiger partial charge on any atom is -0.488 e. The summed E-state index contributed by atoms with van der Waals surface area (Å²) in [7, 11) is 0. The van der Waals surface area contributed by atoms with Crippen molar-refractivity contribution in [2.45, 2.75) is 13.0 Å². The molecule has 0 bridgehead atoms. The summed E-state index contributed by atoms with van der Waals surface area (Å²) in [6, 6.07) is 15.4. The Morgan fingerprint density at radius 3 is 2.62 bits per heavy atom. The molecule has 0 radical (unpaired) electrons. The summed E-state index contributed by atoms with van der Waals surface area (Å²) in [5.74, 6) is 1.33. The summed E-state index contributed by atoms with van der Waals surface area (Å²) in [5.41, 5.74) is 7.44. The molecule has 0 aromatic heterocycles. The van der Waals surface area contributed by atoms with E-state index in [2.05, 4.69) is 15.9 Å². The van der Waals surface area contributed by atoms with Crippen LogP contribution in [0.3, 0.4) is 0 Å². The normalized spacial score (nSPS) is 17.1. The van der Waals surface area contributed by atoms with Crippen LogP contribution in [0.15, 0.2) is 53.0 Å². The molecule has 4 nitrogen and oxygen atoms in total. The summed E-state index contributed by atoms with van der Waals surface area (Å²) in [6.45, 7) is 2.68. The fraction of sp³-hybridized carbons (Fsp3) is 0.316. The Hall–Kier alpha value is -1.85. The van der Waals surface area contributed by atoms with Gasteiger partial charge in [-0.2, -0.15) is 0 Å². The first-order valence-corrected chi connectivity index (χ1v) is 8.92. The second-order valence-electron chi connectivity index (χ2n) is 6.06. The predicted molar refractivity (Wildman–Crippen MR) is 98.0 cm³/mol. The Labute approximate surface area is 150 Å². The molecule has 0 aliphatic carbocycles. The van der Waals surface area contributed by atoms with Crippen LogP contribution in [0.4, 0.5) is 0 Å². The van der Waals surface area contributed by atoms with Crippen LogP contribution in [0.1, 0.15) is 22.3 Å². The number of para-hydroxylation sites is 1. The largest absolute Gasteiger partial charge is 0.488 e. The number of ether oxygens (including phenoxy) is 1. The lowest BCUT2D eigenvalue weighted by atomic mass is 10.1. The number of nitrogens with zero attached hydrogens (tertiary/aromatic N) is 1. The van der Waals surface area contributed by atoms with E-state index in [1.165, 1.54) is 0 Å². The van der Waals surface area contributed by atoms with Gasteiger partial charge < -0.3 is 15.4 Å². The van der Waals surface area contributed by atoms with Crippen LogP contribution in [0.2, 0.25) is 0 Å². The third kappa shape index (κ3) is 3.97. The number of halogens is 1. The van der Waals surface area contributed by atoms with Crippen LogP contribution in [0.5, 0.6) is 5.75 Å². The number of carbonyl (C=O) groups excluding carboxylic acids is 1. The highest BCUT2D eigenvalue weighted by atomic mass is 79.9. The van der Waals surface area contributed by atoms with Crippen molar-refractivity contribution in [1.29, 1.82) is 0 Å². The predicted octanol–water partition coefficient (Wildman–Crippen LogP) is 3.45. The lowest BCUT2D eigenvalue weighted by Crippen LogP contribution is -2.29. The molecule has 1 heterocycles. The third-order valence-corrected chi connectivity index (χ3v) is 4.99. The minimum atomic E-state index is 0.0872. The van der Waals surface area contributed by atoms with E-state index in [0.717, 1.165) is 40.9 Å². The van der Waals surface area contributed by atoms with Gasteiger partial charge in [0, 0.05) is 18.7 Å². The van der Waals surface area contributed by atoms with Gasteiger partial charge in [0.2, 0.25) is 0 Å². The Morgan fingerprint density at radius 1 is 1.21 bits per heavy atom. The average Bonchev–Trinajstić information content (AvgIpc) is 3.10. The van der Waals surface area contributed by atoms with Crippen molar-refractivity contribution in [3.05, 3.63) is 64.1 Å². The summed E-state index contributed by atoms with van der Waals surface area (Å²) >= 11 is 3.46. The van der Waals surface area contributed by atoms with Crippen molar-refractivity contribution in [3.8, 4) is 5.75 Å². The molecule has 2 aromatic rings. The van der Waals surface area contributed by atoms with E-state index in [9.17, 15) is 4.79 Å². The van der Waals surface area contributed by atoms with Crippen molar-refractivity contribution in [1.82, 2.24) is 4.90 Å². The molecule has 1 aliphatic rings. The van der Waals surface area contributed by atoms with Gasteiger partial charge in [-0.3, -0.25) is 4.79 Å². The summed E-state index contributed by atoms with van der Waals surface area (Å²) < 4.78 is 6.73. The van der Waals surface area contributed by atoms with Crippen molar-refractivity contribution in [2.24, 2.45) is 11.7 Å². The van der Waals surface area contributed by atoms with E-state index in [4.69, 9.17) is 10.5 Å². The van der Waals surface area contributed by atoms with Gasteiger partial charge in [-0.05, 0) is 64.6 Å². The fourth-order valence-electron chi connectivity index (χ4n) is 2.86. The number of likely N-dealkylation sites (tertiary alicyclic amines) is 1. The molecule has 1 aliphatic heterocycles. The van der Waals surface area contributed by atoms with Crippen molar-refractivity contribution >= 4 is 21.8 Å². The van der Waals surface area contributed by atoms with E-state index in [1.807, 2.05) is 53.4 Å². The molecule has 0 spiro atoms. The fourth-order valence-corrected chi connectivity index (χ4v) is 3.26. The average molecular weight is 389 g/mol. The molecular formula is C19H21BrN2O2. The quantitative estimate of drug-likeness (QED) is 0.852. The number of carbonyl (C=O) groups is 1. The van der Waals surface area contributed by atoms with Gasteiger partial charge in [0.15, 0.2) is 0 Å². The maximum Gasteiger partial charge on any atom is 0.253 e. The van der Waals surface area contributed by atoms with Crippen molar-refractivity contribution in [3.63, 3.8) is 0 Å². The molecule has 24 heavy (non-hydrogen) atoms. The first-order chi connectivity index (χ1) is 11.7. The molecule has 1 amide bonds. The smallest absolute Gasteiger partial charge is 0.253 e. The van der Waals surface area contributed by atoms with E-state index in [-0.39, 0.29) is 5.91 Å².